The van der Waals surface area contributed by atoms with Crippen LogP contribution in [0.5, 0.6) is 0 Å². The first-order chi connectivity index (χ1) is 7.09. The lowest BCUT2D eigenvalue weighted by Gasteiger charge is -2.19. The third kappa shape index (κ3) is 4.77. The molecule has 1 aliphatic carbocycles. The largest absolute Gasteiger partial charge is 0.285 e. The molecule has 0 aromatic rings. The Balaban J connectivity index is 2.66. The van der Waals surface area contributed by atoms with Gasteiger partial charge in [0.1, 0.15) is 0 Å². The molecule has 2 N–H and O–H groups in total. The van der Waals surface area contributed by atoms with Gasteiger partial charge in [-0.15, -0.1) is 0 Å². The minimum Gasteiger partial charge on any atom is -0.285 e. The minimum atomic E-state index is -4.09. The first kappa shape index (κ1) is 13.9. The van der Waals surface area contributed by atoms with Crippen LogP contribution in [0.2, 0.25) is 0 Å². The summed E-state index contributed by atoms with van der Waals surface area (Å²) in [5.41, 5.74) is 0. The summed E-state index contributed by atoms with van der Waals surface area (Å²) in [4.78, 5) is 0. The second-order valence-electron chi connectivity index (χ2n) is 4.40. The lowest BCUT2D eigenvalue weighted by molar-refractivity contribution is 0.438. The Kier molecular flexibility index (Phi) is 3.99. The van der Waals surface area contributed by atoms with E-state index in [9.17, 15) is 16.8 Å². The highest BCUT2D eigenvalue weighted by atomic mass is 32.2. The van der Waals surface area contributed by atoms with Gasteiger partial charge in [-0.3, -0.25) is 4.55 Å². The van der Waals surface area contributed by atoms with E-state index in [4.69, 9.17) is 4.55 Å². The van der Waals surface area contributed by atoms with E-state index < -0.39 is 31.4 Å². The van der Waals surface area contributed by atoms with E-state index in [0.29, 0.717) is 0 Å². The maximum atomic E-state index is 11.1. The van der Waals surface area contributed by atoms with E-state index in [1.165, 1.54) is 6.92 Å². The molecule has 1 rings (SSSR count). The Labute approximate surface area is 96.2 Å². The summed E-state index contributed by atoms with van der Waals surface area (Å²) in [7, 11) is -7.44. The van der Waals surface area contributed by atoms with E-state index >= 15 is 0 Å². The minimum absolute atomic E-state index is 0.108. The van der Waals surface area contributed by atoms with Crippen molar-refractivity contribution in [3.63, 3.8) is 0 Å². The van der Waals surface area contributed by atoms with Crippen LogP contribution in [0.1, 0.15) is 26.2 Å². The van der Waals surface area contributed by atoms with E-state index in [0.717, 1.165) is 19.1 Å². The van der Waals surface area contributed by atoms with E-state index in [-0.39, 0.29) is 12.3 Å². The van der Waals surface area contributed by atoms with Gasteiger partial charge >= 0.3 is 0 Å². The molecule has 0 aromatic heterocycles. The first-order valence-electron chi connectivity index (χ1n) is 5.03. The van der Waals surface area contributed by atoms with Gasteiger partial charge in [0.25, 0.3) is 10.1 Å². The molecule has 2 unspecified atom stereocenters. The predicted molar refractivity (Wildman–Crippen MR) is 60.1 cm³/mol. The van der Waals surface area contributed by atoms with Crippen LogP contribution in [-0.4, -0.2) is 38.9 Å². The molecule has 16 heavy (non-hydrogen) atoms. The van der Waals surface area contributed by atoms with Crippen molar-refractivity contribution in [1.82, 2.24) is 4.72 Å². The van der Waals surface area contributed by atoms with Crippen molar-refractivity contribution in [2.24, 2.45) is 5.92 Å². The van der Waals surface area contributed by atoms with Crippen molar-refractivity contribution in [3.8, 4) is 0 Å². The molecular weight excluding hydrogens is 254 g/mol. The molecule has 0 aliphatic heterocycles. The van der Waals surface area contributed by atoms with Crippen LogP contribution in [0.3, 0.4) is 0 Å². The number of nitrogens with one attached hydrogen (secondary N) is 1. The topological polar surface area (TPSA) is 101 Å². The van der Waals surface area contributed by atoms with Gasteiger partial charge in [0.2, 0.25) is 10.0 Å². The van der Waals surface area contributed by atoms with Gasteiger partial charge in [-0.05, 0) is 32.1 Å². The molecule has 2 atom stereocenters. The van der Waals surface area contributed by atoms with Gasteiger partial charge in [0.15, 0.2) is 0 Å². The molecule has 0 spiro atoms. The van der Waals surface area contributed by atoms with Gasteiger partial charge < -0.3 is 0 Å². The summed E-state index contributed by atoms with van der Waals surface area (Å²) < 4.78 is 55.1. The molecule has 0 radical (unpaired) electrons. The average molecular weight is 271 g/mol. The van der Waals surface area contributed by atoms with E-state index in [2.05, 4.69) is 4.72 Å². The van der Waals surface area contributed by atoms with Crippen LogP contribution in [0.15, 0.2) is 0 Å². The van der Waals surface area contributed by atoms with Crippen LogP contribution in [0, 0.1) is 5.92 Å². The van der Waals surface area contributed by atoms with Crippen molar-refractivity contribution in [1.29, 1.82) is 0 Å². The van der Waals surface area contributed by atoms with Crippen molar-refractivity contribution >= 4 is 20.1 Å². The van der Waals surface area contributed by atoms with Crippen molar-refractivity contribution in [2.45, 2.75) is 37.5 Å². The zero-order valence-corrected chi connectivity index (χ0v) is 10.9. The number of rotatable bonds is 6. The number of hydrogen-bond donors (Lipinski definition) is 2. The Morgan fingerprint density at radius 3 is 2.12 bits per heavy atom. The normalized spacial score (nSPS) is 21.7. The van der Waals surface area contributed by atoms with Gasteiger partial charge in [0, 0.05) is 6.04 Å². The van der Waals surface area contributed by atoms with Crippen molar-refractivity contribution in [2.75, 3.05) is 6.26 Å². The first-order valence-corrected chi connectivity index (χ1v) is 8.42. The SMILES string of the molecule is CC(CC(NS(C)(=O)=O)C1CC1)S(=O)(=O)O. The highest BCUT2D eigenvalue weighted by Crippen LogP contribution is 2.35. The van der Waals surface area contributed by atoms with Crippen molar-refractivity contribution < 1.29 is 21.4 Å². The summed E-state index contributed by atoms with van der Waals surface area (Å²) in [6.45, 7) is 1.37. The summed E-state index contributed by atoms with van der Waals surface area (Å²) in [5, 5.41) is -0.952. The maximum absolute atomic E-state index is 11.1. The van der Waals surface area contributed by atoms with E-state index in [1.54, 1.807) is 0 Å². The molecule has 0 bridgehead atoms. The fourth-order valence-electron chi connectivity index (χ4n) is 1.59. The third-order valence-electron chi connectivity index (χ3n) is 2.65. The van der Waals surface area contributed by atoms with Crippen LogP contribution >= 0.6 is 0 Å². The molecule has 0 aromatic carbocycles. The monoisotopic (exact) mass is 271 g/mol. The van der Waals surface area contributed by atoms with Gasteiger partial charge in [0.05, 0.1) is 11.5 Å². The van der Waals surface area contributed by atoms with Crippen LogP contribution < -0.4 is 4.72 Å². The summed E-state index contributed by atoms with van der Waals surface area (Å²) in [6, 6.07) is -0.396. The fraction of sp³-hybridized carbons (Fsp3) is 1.00. The average Bonchev–Trinajstić information content (AvgIpc) is 2.79. The van der Waals surface area contributed by atoms with Gasteiger partial charge in [-0.1, -0.05) is 0 Å². The van der Waals surface area contributed by atoms with Crippen LogP contribution in [-0.2, 0) is 20.1 Å². The molecule has 1 fully saturated rings. The van der Waals surface area contributed by atoms with Crippen molar-refractivity contribution in [3.05, 3.63) is 0 Å². The highest BCUT2D eigenvalue weighted by Gasteiger charge is 2.35. The molecule has 0 heterocycles. The second-order valence-corrected chi connectivity index (χ2v) is 8.01. The molecule has 0 amide bonds. The Hall–Kier alpha value is -0.180. The van der Waals surface area contributed by atoms with Crippen LogP contribution in [0.4, 0.5) is 0 Å². The Morgan fingerprint density at radius 2 is 1.81 bits per heavy atom. The standard InChI is InChI=1S/C8H17NO5S2/c1-6(16(12,13)14)5-8(7-3-4-7)9-15(2,10)11/h6-9H,3-5H2,1-2H3,(H,12,13,14). The zero-order valence-electron chi connectivity index (χ0n) is 9.25. The lowest BCUT2D eigenvalue weighted by atomic mass is 10.1. The van der Waals surface area contributed by atoms with Gasteiger partial charge in [-0.2, -0.15) is 8.42 Å². The zero-order chi connectivity index (χ0) is 12.6. The lowest BCUT2D eigenvalue weighted by Crippen LogP contribution is -2.39. The Morgan fingerprint density at radius 1 is 1.31 bits per heavy atom. The molecule has 6 nitrogen and oxygen atoms in total. The predicted octanol–water partition coefficient (Wildman–Crippen LogP) is -0.0194. The maximum Gasteiger partial charge on any atom is 0.267 e. The fourth-order valence-corrected chi connectivity index (χ4v) is 2.88. The van der Waals surface area contributed by atoms with E-state index in [1.807, 2.05) is 0 Å². The summed E-state index contributed by atoms with van der Waals surface area (Å²) in [5.74, 6) is 0.193. The molecule has 96 valence electrons. The number of sulfonamides is 1. The molecule has 8 heteroatoms. The Bertz CT molecular complexity index is 437. The molecule has 1 aliphatic rings. The molecular formula is C8H17NO5S2. The smallest absolute Gasteiger partial charge is 0.267 e. The quantitative estimate of drug-likeness (QED) is 0.661. The van der Waals surface area contributed by atoms with Crippen LogP contribution in [0.25, 0.3) is 0 Å². The molecule has 1 saturated carbocycles. The summed E-state index contributed by atoms with van der Waals surface area (Å²) in [6.07, 6.45) is 2.94. The third-order valence-corrected chi connectivity index (χ3v) is 4.59. The van der Waals surface area contributed by atoms with Gasteiger partial charge in [-0.25, -0.2) is 13.1 Å². The molecule has 0 saturated heterocycles. The summed E-state index contributed by atoms with van der Waals surface area (Å²) >= 11 is 0. The second kappa shape index (κ2) is 4.59. The number of hydrogen-bond acceptors (Lipinski definition) is 4. The highest BCUT2D eigenvalue weighted by molar-refractivity contribution is 7.88.